The summed E-state index contributed by atoms with van der Waals surface area (Å²) >= 11 is 0. The number of esters is 1. The highest BCUT2D eigenvalue weighted by Crippen LogP contribution is 2.22. The Morgan fingerprint density at radius 3 is 2.58 bits per heavy atom. The first-order valence-corrected chi connectivity index (χ1v) is 5.86. The fourth-order valence-electron chi connectivity index (χ4n) is 1.39. The Labute approximate surface area is 112 Å². The molecule has 0 bridgehead atoms. The van der Waals surface area contributed by atoms with Crippen LogP contribution in [0.4, 0.5) is 5.69 Å². The number of anilines is 1. The Morgan fingerprint density at radius 2 is 1.89 bits per heavy atom. The van der Waals surface area contributed by atoms with Gasteiger partial charge in [0.1, 0.15) is 17.9 Å². The highest BCUT2D eigenvalue weighted by molar-refractivity contribution is 5.93. The molecule has 0 atom stereocenters. The lowest BCUT2D eigenvalue weighted by Gasteiger charge is -2.09. The molecular weight excluding hydrogens is 250 g/mol. The van der Waals surface area contributed by atoms with E-state index in [1.54, 1.807) is 25.3 Å². The van der Waals surface area contributed by atoms with Crippen LogP contribution < -0.4 is 10.5 Å². The molecule has 0 aliphatic rings. The minimum Gasteiger partial charge on any atom is -0.496 e. The molecule has 1 aromatic rings. The molecule has 106 valence electrons. The Kier molecular flexibility index (Phi) is 6.70. The summed E-state index contributed by atoms with van der Waals surface area (Å²) in [5.41, 5.74) is 6.47. The smallest absolute Gasteiger partial charge is 0.342 e. The zero-order valence-corrected chi connectivity index (χ0v) is 11.2. The van der Waals surface area contributed by atoms with Crippen molar-refractivity contribution in [3.05, 3.63) is 23.8 Å². The van der Waals surface area contributed by atoms with Gasteiger partial charge in [-0.3, -0.25) is 0 Å². The molecule has 0 aliphatic heterocycles. The first-order valence-electron chi connectivity index (χ1n) is 5.86. The van der Waals surface area contributed by atoms with E-state index in [2.05, 4.69) is 0 Å². The Balaban J connectivity index is 2.41. The lowest BCUT2D eigenvalue weighted by molar-refractivity contribution is 0.0211. The van der Waals surface area contributed by atoms with Crippen LogP contribution in [0.3, 0.4) is 0 Å². The lowest BCUT2D eigenvalue weighted by Crippen LogP contribution is -2.13. The van der Waals surface area contributed by atoms with Crippen molar-refractivity contribution in [3.63, 3.8) is 0 Å². The van der Waals surface area contributed by atoms with Crippen molar-refractivity contribution < 1.29 is 23.7 Å². The highest BCUT2D eigenvalue weighted by atomic mass is 16.6. The Bertz CT molecular complexity index is 408. The van der Waals surface area contributed by atoms with Crippen LogP contribution in [0, 0.1) is 0 Å². The average molecular weight is 269 g/mol. The molecule has 0 saturated heterocycles. The molecule has 0 heterocycles. The van der Waals surface area contributed by atoms with E-state index >= 15 is 0 Å². The van der Waals surface area contributed by atoms with Gasteiger partial charge in [-0.15, -0.1) is 0 Å². The second-order valence-corrected chi connectivity index (χ2v) is 3.70. The number of hydrogen-bond acceptors (Lipinski definition) is 6. The number of benzene rings is 1. The normalized spacial score (nSPS) is 10.2. The molecule has 6 nitrogen and oxygen atoms in total. The Hall–Kier alpha value is -1.79. The maximum atomic E-state index is 11.8. The maximum absolute atomic E-state index is 11.8. The van der Waals surface area contributed by atoms with E-state index in [1.165, 1.54) is 7.11 Å². The van der Waals surface area contributed by atoms with Crippen molar-refractivity contribution in [1.29, 1.82) is 0 Å². The molecule has 0 spiro atoms. The fraction of sp³-hybridized carbons (Fsp3) is 0.462. The van der Waals surface area contributed by atoms with Crippen molar-refractivity contribution in [2.24, 2.45) is 0 Å². The van der Waals surface area contributed by atoms with Crippen LogP contribution in [0.5, 0.6) is 5.75 Å². The standard InChI is InChI=1S/C13H19NO5/c1-16-5-6-18-7-8-19-13(15)11-4-3-10(14)9-12(11)17-2/h3-4,9H,5-8,14H2,1-2H3. The first kappa shape index (κ1) is 15.3. The number of rotatable bonds is 8. The number of hydrogen-bond donors (Lipinski definition) is 1. The predicted octanol–water partition coefficient (Wildman–Crippen LogP) is 1.10. The van der Waals surface area contributed by atoms with Gasteiger partial charge in [0, 0.05) is 18.9 Å². The van der Waals surface area contributed by atoms with Crippen LogP contribution >= 0.6 is 0 Å². The summed E-state index contributed by atoms with van der Waals surface area (Å²) in [5, 5.41) is 0. The van der Waals surface area contributed by atoms with Crippen molar-refractivity contribution in [1.82, 2.24) is 0 Å². The molecule has 0 amide bonds. The molecule has 2 N–H and O–H groups in total. The summed E-state index contributed by atoms with van der Waals surface area (Å²) < 4.78 is 20.1. The van der Waals surface area contributed by atoms with Crippen LogP contribution in [0.2, 0.25) is 0 Å². The summed E-state index contributed by atoms with van der Waals surface area (Å²) in [6.07, 6.45) is 0. The van der Waals surface area contributed by atoms with Gasteiger partial charge >= 0.3 is 5.97 Å². The summed E-state index contributed by atoms with van der Waals surface area (Å²) in [6.45, 7) is 1.49. The monoisotopic (exact) mass is 269 g/mol. The summed E-state index contributed by atoms with van der Waals surface area (Å²) in [4.78, 5) is 11.8. The van der Waals surface area contributed by atoms with Crippen LogP contribution in [-0.4, -0.2) is 46.6 Å². The van der Waals surface area contributed by atoms with Gasteiger partial charge in [-0.25, -0.2) is 4.79 Å². The topological polar surface area (TPSA) is 80.0 Å². The van der Waals surface area contributed by atoms with Gasteiger partial charge < -0.3 is 24.7 Å². The molecular formula is C13H19NO5. The fourth-order valence-corrected chi connectivity index (χ4v) is 1.39. The molecule has 1 aromatic carbocycles. The molecule has 0 unspecified atom stereocenters. The summed E-state index contributed by atoms with van der Waals surface area (Å²) in [5.74, 6) is -0.0718. The number of carbonyl (C=O) groups is 1. The number of carbonyl (C=O) groups excluding carboxylic acids is 1. The summed E-state index contributed by atoms with van der Waals surface area (Å²) in [6, 6.07) is 4.77. The molecule has 0 aromatic heterocycles. The molecule has 0 fully saturated rings. The van der Waals surface area contributed by atoms with E-state index in [-0.39, 0.29) is 6.61 Å². The van der Waals surface area contributed by atoms with Crippen LogP contribution in [-0.2, 0) is 14.2 Å². The third-order valence-electron chi connectivity index (χ3n) is 2.34. The van der Waals surface area contributed by atoms with Gasteiger partial charge in [0.15, 0.2) is 0 Å². The van der Waals surface area contributed by atoms with Crippen molar-refractivity contribution in [2.75, 3.05) is 46.4 Å². The quantitative estimate of drug-likeness (QED) is 0.432. The second-order valence-electron chi connectivity index (χ2n) is 3.70. The minimum absolute atomic E-state index is 0.177. The summed E-state index contributed by atoms with van der Waals surface area (Å²) in [7, 11) is 3.07. The predicted molar refractivity (Wildman–Crippen MR) is 70.4 cm³/mol. The maximum Gasteiger partial charge on any atom is 0.342 e. The van der Waals surface area contributed by atoms with Gasteiger partial charge in [-0.1, -0.05) is 0 Å². The number of ether oxygens (including phenoxy) is 4. The second kappa shape index (κ2) is 8.34. The Morgan fingerprint density at radius 1 is 1.16 bits per heavy atom. The van der Waals surface area contributed by atoms with Gasteiger partial charge in [-0.05, 0) is 12.1 Å². The molecule has 0 saturated carbocycles. The highest BCUT2D eigenvalue weighted by Gasteiger charge is 2.13. The number of nitrogen functional groups attached to an aromatic ring is 1. The van der Waals surface area contributed by atoms with E-state index in [0.29, 0.717) is 36.8 Å². The SMILES string of the molecule is COCCOCCOC(=O)c1ccc(N)cc1OC. The van der Waals surface area contributed by atoms with Crippen molar-refractivity contribution in [2.45, 2.75) is 0 Å². The van der Waals surface area contributed by atoms with E-state index < -0.39 is 5.97 Å². The lowest BCUT2D eigenvalue weighted by atomic mass is 10.2. The zero-order valence-electron chi connectivity index (χ0n) is 11.2. The van der Waals surface area contributed by atoms with Crippen molar-refractivity contribution in [3.8, 4) is 5.75 Å². The van der Waals surface area contributed by atoms with E-state index in [9.17, 15) is 4.79 Å². The van der Waals surface area contributed by atoms with Gasteiger partial charge in [-0.2, -0.15) is 0 Å². The van der Waals surface area contributed by atoms with Crippen LogP contribution in [0.25, 0.3) is 0 Å². The first-order chi connectivity index (χ1) is 9.19. The van der Waals surface area contributed by atoms with Crippen molar-refractivity contribution >= 4 is 11.7 Å². The number of nitrogens with two attached hydrogens (primary N) is 1. The molecule has 0 aliphatic carbocycles. The molecule has 1 rings (SSSR count). The van der Waals surface area contributed by atoms with E-state index in [1.807, 2.05) is 0 Å². The van der Waals surface area contributed by atoms with Gasteiger partial charge in [0.05, 0.1) is 26.9 Å². The molecule has 6 heteroatoms. The largest absolute Gasteiger partial charge is 0.496 e. The zero-order chi connectivity index (χ0) is 14.1. The minimum atomic E-state index is -0.466. The van der Waals surface area contributed by atoms with E-state index in [4.69, 9.17) is 24.7 Å². The average Bonchev–Trinajstić information content (AvgIpc) is 2.42. The third-order valence-corrected chi connectivity index (χ3v) is 2.34. The van der Waals surface area contributed by atoms with Gasteiger partial charge in [0.2, 0.25) is 0 Å². The van der Waals surface area contributed by atoms with Crippen LogP contribution in [0.1, 0.15) is 10.4 Å². The van der Waals surface area contributed by atoms with E-state index in [0.717, 1.165) is 0 Å². The molecule has 19 heavy (non-hydrogen) atoms. The van der Waals surface area contributed by atoms with Crippen LogP contribution in [0.15, 0.2) is 18.2 Å². The third kappa shape index (κ3) is 5.15. The molecule has 0 radical (unpaired) electrons. The number of methoxy groups -OCH3 is 2. The van der Waals surface area contributed by atoms with Gasteiger partial charge in [0.25, 0.3) is 0 Å².